The highest BCUT2D eigenvalue weighted by Gasteiger charge is 1.76. The van der Waals surface area contributed by atoms with Gasteiger partial charge in [-0.15, -0.1) is 6.58 Å². The molecule has 0 unspecified atom stereocenters. The third-order valence-corrected chi connectivity index (χ3v) is 0.770. The van der Waals surface area contributed by atoms with Crippen LogP contribution in [-0.4, -0.2) is 0 Å². The molecule has 0 heterocycles. The average molecular weight is 125 g/mol. The average Bonchev–Trinajstić information content (AvgIpc) is 1.89. The molecule has 0 aliphatic rings. The summed E-state index contributed by atoms with van der Waals surface area (Å²) in [5, 5.41) is 0. The van der Waals surface area contributed by atoms with Crippen molar-refractivity contribution < 1.29 is 4.74 Å². The summed E-state index contributed by atoms with van der Waals surface area (Å²) >= 11 is 0. The number of ether oxygens (including phenoxy) is 1. The van der Waals surface area contributed by atoms with Crippen molar-refractivity contribution in [3.8, 4) is 0 Å². The zero-order valence-corrected chi connectivity index (χ0v) is 5.84. The predicted octanol–water partition coefficient (Wildman–Crippen LogP) is 2.66. The SMILES string of the molecule is C=CC[CH]O/C=C/CC. The third kappa shape index (κ3) is 7.28. The Morgan fingerprint density at radius 3 is 2.89 bits per heavy atom. The lowest BCUT2D eigenvalue weighted by Gasteiger charge is -1.92. The topological polar surface area (TPSA) is 9.23 Å². The van der Waals surface area contributed by atoms with Crippen LogP contribution < -0.4 is 0 Å². The van der Waals surface area contributed by atoms with E-state index in [1.54, 1.807) is 18.9 Å². The van der Waals surface area contributed by atoms with Gasteiger partial charge in [-0.05, 0) is 6.42 Å². The summed E-state index contributed by atoms with van der Waals surface area (Å²) in [5.74, 6) is 0. The Balaban J connectivity index is 2.90. The van der Waals surface area contributed by atoms with E-state index in [-0.39, 0.29) is 0 Å². The van der Waals surface area contributed by atoms with Gasteiger partial charge in [-0.2, -0.15) is 0 Å². The highest BCUT2D eigenvalue weighted by Crippen LogP contribution is 1.91. The van der Waals surface area contributed by atoms with Crippen LogP contribution in [0.25, 0.3) is 0 Å². The molecule has 0 aliphatic carbocycles. The Labute approximate surface area is 57.0 Å². The van der Waals surface area contributed by atoms with E-state index in [2.05, 4.69) is 13.5 Å². The Morgan fingerprint density at radius 1 is 1.56 bits per heavy atom. The molecule has 51 valence electrons. The van der Waals surface area contributed by atoms with Crippen molar-refractivity contribution in [2.45, 2.75) is 19.8 Å². The maximum Gasteiger partial charge on any atom is 0.138 e. The fourth-order valence-corrected chi connectivity index (χ4v) is 0.331. The van der Waals surface area contributed by atoms with Crippen LogP contribution in [0.15, 0.2) is 25.0 Å². The van der Waals surface area contributed by atoms with Gasteiger partial charge >= 0.3 is 0 Å². The first-order valence-corrected chi connectivity index (χ1v) is 3.14. The molecule has 1 heteroatoms. The summed E-state index contributed by atoms with van der Waals surface area (Å²) in [4.78, 5) is 0. The molecule has 0 aromatic heterocycles. The predicted molar refractivity (Wildman–Crippen MR) is 39.6 cm³/mol. The van der Waals surface area contributed by atoms with Crippen LogP contribution in [-0.2, 0) is 4.74 Å². The van der Waals surface area contributed by atoms with Crippen molar-refractivity contribution in [3.63, 3.8) is 0 Å². The van der Waals surface area contributed by atoms with E-state index in [0.29, 0.717) is 0 Å². The van der Waals surface area contributed by atoms with Gasteiger partial charge in [0.2, 0.25) is 0 Å². The summed E-state index contributed by atoms with van der Waals surface area (Å²) in [6, 6.07) is 0. The Bertz CT molecular complexity index is 84.6. The van der Waals surface area contributed by atoms with Gasteiger partial charge in [0.1, 0.15) is 6.61 Å². The quantitative estimate of drug-likeness (QED) is 0.312. The molecule has 0 bridgehead atoms. The van der Waals surface area contributed by atoms with Crippen LogP contribution in [0, 0.1) is 6.61 Å². The van der Waals surface area contributed by atoms with Crippen LogP contribution in [0.2, 0.25) is 0 Å². The molecule has 0 saturated carbocycles. The second-order valence-corrected chi connectivity index (χ2v) is 1.61. The van der Waals surface area contributed by atoms with Crippen LogP contribution in [0.4, 0.5) is 0 Å². The van der Waals surface area contributed by atoms with E-state index in [1.807, 2.05) is 6.08 Å². The smallest absolute Gasteiger partial charge is 0.138 e. The maximum atomic E-state index is 4.94. The lowest BCUT2D eigenvalue weighted by Crippen LogP contribution is -1.73. The van der Waals surface area contributed by atoms with E-state index in [0.717, 1.165) is 12.8 Å². The molecule has 0 N–H and O–H groups in total. The van der Waals surface area contributed by atoms with Gasteiger partial charge in [-0.25, -0.2) is 0 Å². The van der Waals surface area contributed by atoms with Crippen LogP contribution in [0.5, 0.6) is 0 Å². The molecule has 0 saturated heterocycles. The summed E-state index contributed by atoms with van der Waals surface area (Å²) in [5.41, 5.74) is 0. The Hall–Kier alpha value is -0.720. The first kappa shape index (κ1) is 8.28. The fourth-order valence-electron chi connectivity index (χ4n) is 0.331. The summed E-state index contributed by atoms with van der Waals surface area (Å²) in [7, 11) is 0. The minimum Gasteiger partial charge on any atom is -0.494 e. The van der Waals surface area contributed by atoms with E-state index < -0.39 is 0 Å². The number of hydrogen-bond acceptors (Lipinski definition) is 1. The minimum atomic E-state index is 0.800. The van der Waals surface area contributed by atoms with Gasteiger partial charge in [0.15, 0.2) is 0 Å². The molecule has 1 radical (unpaired) electrons. The van der Waals surface area contributed by atoms with E-state index in [1.165, 1.54) is 0 Å². The zero-order valence-electron chi connectivity index (χ0n) is 5.84. The second-order valence-electron chi connectivity index (χ2n) is 1.61. The summed E-state index contributed by atoms with van der Waals surface area (Å²) in [6.07, 6.45) is 7.25. The first-order valence-electron chi connectivity index (χ1n) is 3.14. The van der Waals surface area contributed by atoms with Gasteiger partial charge in [0.05, 0.1) is 6.26 Å². The standard InChI is InChI=1S/C8H13O/c1-3-5-7-9-8-6-4-2/h3,6-8H,1,4-5H2,2H3/b8-6+. The minimum absolute atomic E-state index is 0.800. The highest BCUT2D eigenvalue weighted by atomic mass is 16.5. The normalized spacial score (nSPS) is 9.89. The number of allylic oxidation sites excluding steroid dienone is 1. The first-order chi connectivity index (χ1) is 4.41. The summed E-state index contributed by atoms with van der Waals surface area (Å²) < 4.78 is 4.94. The molecule has 0 amide bonds. The molecule has 0 rings (SSSR count). The van der Waals surface area contributed by atoms with Crippen LogP contribution in [0.1, 0.15) is 19.8 Å². The number of rotatable bonds is 5. The molecular weight excluding hydrogens is 112 g/mol. The van der Waals surface area contributed by atoms with E-state index in [4.69, 9.17) is 4.74 Å². The molecule has 0 spiro atoms. The Kier molecular flexibility index (Phi) is 6.70. The number of hydrogen-bond donors (Lipinski definition) is 0. The fraction of sp³-hybridized carbons (Fsp3) is 0.375. The molecule has 0 aromatic rings. The van der Waals surface area contributed by atoms with Gasteiger partial charge in [-0.1, -0.05) is 19.1 Å². The van der Waals surface area contributed by atoms with Gasteiger partial charge in [-0.3, -0.25) is 0 Å². The van der Waals surface area contributed by atoms with Crippen molar-refractivity contribution in [2.75, 3.05) is 0 Å². The van der Waals surface area contributed by atoms with Crippen molar-refractivity contribution >= 4 is 0 Å². The molecule has 1 nitrogen and oxygen atoms in total. The molecule has 9 heavy (non-hydrogen) atoms. The Morgan fingerprint density at radius 2 is 2.33 bits per heavy atom. The lowest BCUT2D eigenvalue weighted by molar-refractivity contribution is 0.330. The van der Waals surface area contributed by atoms with Crippen molar-refractivity contribution in [1.29, 1.82) is 0 Å². The molecule has 0 aliphatic heterocycles. The van der Waals surface area contributed by atoms with Crippen LogP contribution in [0.3, 0.4) is 0 Å². The van der Waals surface area contributed by atoms with Crippen molar-refractivity contribution in [3.05, 3.63) is 31.6 Å². The monoisotopic (exact) mass is 125 g/mol. The van der Waals surface area contributed by atoms with Crippen LogP contribution >= 0.6 is 0 Å². The summed E-state index contributed by atoms with van der Waals surface area (Å²) in [6.45, 7) is 7.31. The second kappa shape index (κ2) is 7.28. The van der Waals surface area contributed by atoms with Crippen molar-refractivity contribution in [2.24, 2.45) is 0 Å². The van der Waals surface area contributed by atoms with Gasteiger partial charge in [0.25, 0.3) is 0 Å². The molecule has 0 atom stereocenters. The lowest BCUT2D eigenvalue weighted by atomic mass is 10.4. The third-order valence-electron chi connectivity index (χ3n) is 0.770. The van der Waals surface area contributed by atoms with Gasteiger partial charge in [0, 0.05) is 6.42 Å². The van der Waals surface area contributed by atoms with E-state index in [9.17, 15) is 0 Å². The largest absolute Gasteiger partial charge is 0.494 e. The van der Waals surface area contributed by atoms with E-state index >= 15 is 0 Å². The maximum absolute atomic E-state index is 4.94. The molecule has 0 aromatic carbocycles. The zero-order chi connectivity index (χ0) is 6.95. The molecular formula is C8H13O. The molecule has 0 fully saturated rings. The highest BCUT2D eigenvalue weighted by molar-refractivity contribution is 4.76. The van der Waals surface area contributed by atoms with Crippen molar-refractivity contribution in [1.82, 2.24) is 0 Å². The van der Waals surface area contributed by atoms with Gasteiger partial charge < -0.3 is 4.74 Å².